The maximum Gasteiger partial charge on any atom is 0.220 e. The highest BCUT2D eigenvalue weighted by Crippen LogP contribution is 2.41. The summed E-state index contributed by atoms with van der Waals surface area (Å²) in [4.78, 5) is 0. The zero-order valence-electron chi connectivity index (χ0n) is 7.01. The van der Waals surface area contributed by atoms with E-state index in [0.717, 1.165) is 5.56 Å². The van der Waals surface area contributed by atoms with Crippen LogP contribution in [0.25, 0.3) is 0 Å². The molecule has 0 aromatic heterocycles. The number of methoxy groups -OCH3 is 1. The predicted molar refractivity (Wildman–Crippen MR) is 56.5 cm³/mol. The molecule has 1 aromatic rings. The number of hydrogen-bond acceptors (Lipinski definition) is 1. The lowest BCUT2D eigenvalue weighted by Gasteiger charge is -2.22. The Kier molecular flexibility index (Phi) is 3.87. The topological polar surface area (TPSA) is 9.23 Å². The lowest BCUT2D eigenvalue weighted by Crippen LogP contribution is -2.18. The zero-order valence-corrected chi connectivity index (χ0v) is 9.27. The van der Waals surface area contributed by atoms with E-state index in [0.29, 0.717) is 0 Å². The minimum absolute atomic E-state index is 0.529. The number of hydrogen-bond donors (Lipinski definition) is 0. The molecule has 0 N–H and O–H groups in total. The van der Waals surface area contributed by atoms with Crippen molar-refractivity contribution in [3.8, 4) is 0 Å². The average Bonchev–Trinajstić information content (AvgIpc) is 2.05. The lowest BCUT2D eigenvalue weighted by atomic mass is 10.1. The lowest BCUT2D eigenvalue weighted by molar-refractivity contribution is 0.107. The Morgan fingerprint density at radius 3 is 2.08 bits per heavy atom. The van der Waals surface area contributed by atoms with Gasteiger partial charge in [0.1, 0.15) is 6.10 Å². The van der Waals surface area contributed by atoms with Crippen molar-refractivity contribution in [1.29, 1.82) is 0 Å². The van der Waals surface area contributed by atoms with E-state index in [-0.39, 0.29) is 0 Å². The fourth-order valence-electron chi connectivity index (χ4n) is 1.09. The second-order valence-electron chi connectivity index (χ2n) is 2.57. The van der Waals surface area contributed by atoms with E-state index in [1.165, 1.54) is 7.11 Å². The van der Waals surface area contributed by atoms with Gasteiger partial charge in [-0.15, -0.1) is 0 Å². The van der Waals surface area contributed by atoms with E-state index in [4.69, 9.17) is 39.5 Å². The second kappa shape index (κ2) is 4.52. The monoisotopic (exact) mass is 238 g/mol. The van der Waals surface area contributed by atoms with Gasteiger partial charge in [-0.3, -0.25) is 0 Å². The van der Waals surface area contributed by atoms with Crippen molar-refractivity contribution in [2.45, 2.75) is 9.90 Å². The van der Waals surface area contributed by atoms with Crippen LogP contribution in [0, 0.1) is 0 Å². The molecule has 0 radical (unpaired) electrons. The smallest absolute Gasteiger partial charge is 0.220 e. The normalized spacial score (nSPS) is 14.2. The summed E-state index contributed by atoms with van der Waals surface area (Å²) in [5, 5.41) is 0. The van der Waals surface area contributed by atoms with Crippen molar-refractivity contribution < 1.29 is 4.74 Å². The van der Waals surface area contributed by atoms with E-state index in [1.54, 1.807) is 0 Å². The van der Waals surface area contributed by atoms with Gasteiger partial charge in [-0.05, 0) is 5.56 Å². The molecule has 0 aliphatic carbocycles. The first-order valence-corrected chi connectivity index (χ1v) is 4.83. The Labute approximate surface area is 92.5 Å². The van der Waals surface area contributed by atoms with Crippen LogP contribution in [-0.2, 0) is 4.74 Å². The molecule has 1 aromatic carbocycles. The van der Waals surface area contributed by atoms with Crippen LogP contribution >= 0.6 is 34.8 Å². The van der Waals surface area contributed by atoms with Crippen molar-refractivity contribution in [2.24, 2.45) is 0 Å². The molecule has 0 saturated carbocycles. The fraction of sp³-hybridized carbons (Fsp3) is 0.333. The predicted octanol–water partition coefficient (Wildman–Crippen LogP) is 3.74. The first-order chi connectivity index (χ1) is 6.05. The average molecular weight is 240 g/mol. The third-order valence-electron chi connectivity index (χ3n) is 1.64. The van der Waals surface area contributed by atoms with Crippen LogP contribution in [0.3, 0.4) is 0 Å². The number of halogens is 3. The Morgan fingerprint density at radius 1 is 1.15 bits per heavy atom. The molecule has 0 heterocycles. The van der Waals surface area contributed by atoms with Crippen molar-refractivity contribution in [3.05, 3.63) is 35.9 Å². The van der Waals surface area contributed by atoms with Crippen molar-refractivity contribution in [3.63, 3.8) is 0 Å². The highest BCUT2D eigenvalue weighted by Gasteiger charge is 2.33. The highest BCUT2D eigenvalue weighted by atomic mass is 35.6. The Bertz CT molecular complexity index is 255. The van der Waals surface area contributed by atoms with Gasteiger partial charge in [-0.2, -0.15) is 0 Å². The maximum absolute atomic E-state index is 5.74. The first-order valence-electron chi connectivity index (χ1n) is 3.70. The summed E-state index contributed by atoms with van der Waals surface area (Å²) >= 11 is 17.2. The van der Waals surface area contributed by atoms with Crippen LogP contribution in [0.1, 0.15) is 11.7 Å². The SMILES string of the molecule is CO[C@H](c1ccccc1)C(Cl)(Cl)Cl. The van der Waals surface area contributed by atoms with Gasteiger partial charge in [0.25, 0.3) is 0 Å². The summed E-state index contributed by atoms with van der Waals surface area (Å²) in [5.41, 5.74) is 0.852. The Morgan fingerprint density at radius 2 is 1.69 bits per heavy atom. The van der Waals surface area contributed by atoms with Crippen molar-refractivity contribution in [1.82, 2.24) is 0 Å². The molecule has 0 bridgehead atoms. The molecular formula is C9H9Cl3O. The van der Waals surface area contributed by atoms with Crippen molar-refractivity contribution >= 4 is 34.8 Å². The number of rotatable bonds is 2. The van der Waals surface area contributed by atoms with E-state index in [1.807, 2.05) is 30.3 Å². The summed E-state index contributed by atoms with van der Waals surface area (Å²) in [7, 11) is 1.51. The molecule has 13 heavy (non-hydrogen) atoms. The van der Waals surface area contributed by atoms with Crippen LogP contribution < -0.4 is 0 Å². The number of benzene rings is 1. The van der Waals surface area contributed by atoms with Gasteiger partial charge >= 0.3 is 0 Å². The number of ether oxygens (including phenoxy) is 1. The third kappa shape index (κ3) is 3.03. The van der Waals surface area contributed by atoms with Crippen LogP contribution in [0.5, 0.6) is 0 Å². The van der Waals surface area contributed by atoms with Gasteiger partial charge in [0, 0.05) is 7.11 Å². The summed E-state index contributed by atoms with van der Waals surface area (Å²) < 4.78 is 3.67. The third-order valence-corrected chi connectivity index (χ3v) is 2.23. The van der Waals surface area contributed by atoms with Crippen LogP contribution in [0.15, 0.2) is 30.3 Å². The molecule has 0 fully saturated rings. The van der Waals surface area contributed by atoms with Crippen LogP contribution in [0.2, 0.25) is 0 Å². The molecule has 1 rings (SSSR count). The fourth-order valence-corrected chi connectivity index (χ4v) is 1.73. The van der Waals surface area contributed by atoms with Gasteiger partial charge < -0.3 is 4.74 Å². The van der Waals surface area contributed by atoms with E-state index < -0.39 is 9.90 Å². The summed E-state index contributed by atoms with van der Waals surface area (Å²) in [6.45, 7) is 0. The van der Waals surface area contributed by atoms with Gasteiger partial charge in [0.05, 0.1) is 0 Å². The summed E-state index contributed by atoms with van der Waals surface area (Å²) in [6, 6.07) is 9.36. The molecule has 0 saturated heterocycles. The molecule has 4 heteroatoms. The maximum atomic E-state index is 5.74. The molecule has 1 atom stereocenters. The quantitative estimate of drug-likeness (QED) is 0.714. The molecule has 0 amide bonds. The summed E-state index contributed by atoms with van der Waals surface area (Å²) in [5.74, 6) is 0. The standard InChI is InChI=1S/C9H9Cl3O/c1-13-8(9(10,11)12)7-5-3-2-4-6-7/h2-6,8H,1H3/t8-/m1/s1. The minimum Gasteiger partial charge on any atom is -0.372 e. The van der Waals surface area contributed by atoms with Gasteiger partial charge in [-0.1, -0.05) is 65.1 Å². The van der Waals surface area contributed by atoms with E-state index in [9.17, 15) is 0 Å². The van der Waals surface area contributed by atoms with Gasteiger partial charge in [-0.25, -0.2) is 0 Å². The molecule has 1 nitrogen and oxygen atoms in total. The molecule has 72 valence electrons. The molecule has 0 spiro atoms. The molecule has 0 aliphatic heterocycles. The van der Waals surface area contributed by atoms with E-state index in [2.05, 4.69) is 0 Å². The molecule has 0 unspecified atom stereocenters. The Balaban J connectivity index is 2.92. The minimum atomic E-state index is -1.43. The molecular weight excluding hydrogens is 230 g/mol. The number of alkyl halides is 3. The molecule has 0 aliphatic rings. The van der Waals surface area contributed by atoms with Gasteiger partial charge in [0.15, 0.2) is 0 Å². The van der Waals surface area contributed by atoms with Crippen molar-refractivity contribution in [2.75, 3.05) is 7.11 Å². The zero-order chi connectivity index (χ0) is 9.90. The highest BCUT2D eigenvalue weighted by molar-refractivity contribution is 6.68. The largest absolute Gasteiger partial charge is 0.372 e. The first kappa shape index (κ1) is 11.1. The van der Waals surface area contributed by atoms with Crippen LogP contribution in [-0.4, -0.2) is 10.9 Å². The summed E-state index contributed by atoms with van der Waals surface area (Å²) in [6.07, 6.45) is -0.529. The second-order valence-corrected chi connectivity index (χ2v) is 4.94. The van der Waals surface area contributed by atoms with Crippen LogP contribution in [0.4, 0.5) is 0 Å². The van der Waals surface area contributed by atoms with Gasteiger partial charge in [0.2, 0.25) is 3.79 Å². The Hall–Kier alpha value is 0.0500. The van der Waals surface area contributed by atoms with E-state index >= 15 is 0 Å².